The summed E-state index contributed by atoms with van der Waals surface area (Å²) in [5.41, 5.74) is 1.06. The normalized spacial score (nSPS) is 41.8. The number of rotatable bonds is 6. The van der Waals surface area contributed by atoms with E-state index in [1.165, 1.54) is 18.4 Å². The largest absolute Gasteiger partial charge is 0.481 e. The number of hydrogen-bond donors (Lipinski definition) is 7. The highest BCUT2D eigenvalue weighted by atomic mass is 16.4. The maximum atomic E-state index is 12.9. The standard InChI is InChI=1S/C30H46O3.C6H12O7/c1-25(2)14-16-30(24(32)33)17-15-28(6)19(20(30)18-25)8-9-22-27(5)12-11-23(31)26(3,4)21(27)10-13-29(22,28)7;7-1-2(8)3(9)4(10)5(11)6(12)13/h18-19,21-22H,8-17H2,1-7H3,(H,32,33);2-5,7-11H,1H2,(H,12,13)/t19-,21+,22-,27+,28-,29-,30+;2-,3-,4+,5-/m11/s1. The summed E-state index contributed by atoms with van der Waals surface area (Å²) in [5, 5.41) is 62.3. The number of aliphatic hydroxyl groups is 5. The molecule has 10 nitrogen and oxygen atoms in total. The van der Waals surface area contributed by atoms with Crippen molar-refractivity contribution in [3.63, 3.8) is 0 Å². The van der Waals surface area contributed by atoms with E-state index in [9.17, 15) is 19.5 Å². The third kappa shape index (κ3) is 5.57. The molecule has 0 spiro atoms. The first kappa shape index (κ1) is 37.0. The highest BCUT2D eigenvalue weighted by molar-refractivity contribution is 5.85. The molecule has 7 N–H and O–H groups in total. The number of fused-ring (bicyclic) bond motifs is 7. The first-order valence-electron chi connectivity index (χ1n) is 17.1. The summed E-state index contributed by atoms with van der Waals surface area (Å²) in [6.07, 6.45) is 4.54. The average molecular weight is 651 g/mol. The number of ketones is 1. The van der Waals surface area contributed by atoms with E-state index >= 15 is 0 Å². The van der Waals surface area contributed by atoms with Gasteiger partial charge in [0.15, 0.2) is 6.10 Å². The van der Waals surface area contributed by atoms with Gasteiger partial charge in [0, 0.05) is 11.8 Å². The topological polar surface area (TPSA) is 193 Å². The summed E-state index contributed by atoms with van der Waals surface area (Å²) in [6, 6.07) is 0. The van der Waals surface area contributed by atoms with Crippen LogP contribution in [0.1, 0.15) is 113 Å². The van der Waals surface area contributed by atoms with Crippen molar-refractivity contribution in [2.45, 2.75) is 137 Å². The van der Waals surface area contributed by atoms with Gasteiger partial charge in [-0.3, -0.25) is 9.59 Å². The average Bonchev–Trinajstić information content (AvgIpc) is 2.97. The molecule has 10 heteroatoms. The molecule has 11 atom stereocenters. The zero-order valence-electron chi connectivity index (χ0n) is 28.8. The van der Waals surface area contributed by atoms with Crippen LogP contribution in [0.3, 0.4) is 0 Å². The molecule has 0 amide bonds. The van der Waals surface area contributed by atoms with Crippen molar-refractivity contribution < 1.29 is 50.1 Å². The van der Waals surface area contributed by atoms with Gasteiger partial charge >= 0.3 is 11.9 Å². The predicted octanol–water partition coefficient (Wildman–Crippen LogP) is 3.95. The number of carbonyl (C=O) groups excluding carboxylic acids is 1. The fourth-order valence-corrected chi connectivity index (χ4v) is 11.2. The number of carboxylic acid groups (broad SMARTS) is 2. The van der Waals surface area contributed by atoms with E-state index in [1.54, 1.807) is 0 Å². The maximum absolute atomic E-state index is 12.9. The molecule has 0 unspecified atom stereocenters. The Morgan fingerprint density at radius 2 is 1.39 bits per heavy atom. The van der Waals surface area contributed by atoms with Gasteiger partial charge in [0.25, 0.3) is 0 Å². The van der Waals surface area contributed by atoms with Gasteiger partial charge in [-0.05, 0) is 97.2 Å². The van der Waals surface area contributed by atoms with Gasteiger partial charge in [0.05, 0.1) is 12.0 Å². The highest BCUT2D eigenvalue weighted by Gasteiger charge is 2.69. The van der Waals surface area contributed by atoms with Crippen molar-refractivity contribution in [1.82, 2.24) is 0 Å². The molecule has 4 saturated carbocycles. The number of carboxylic acids is 2. The van der Waals surface area contributed by atoms with E-state index in [2.05, 4.69) is 54.5 Å². The summed E-state index contributed by atoms with van der Waals surface area (Å²) in [6.45, 7) is 15.8. The maximum Gasteiger partial charge on any atom is 0.335 e. The number of allylic oxidation sites excluding steroid dienone is 1. The Hall–Kier alpha value is -1.85. The second-order valence-corrected chi connectivity index (χ2v) is 17.2. The fourth-order valence-electron chi connectivity index (χ4n) is 11.2. The van der Waals surface area contributed by atoms with Crippen molar-refractivity contribution in [1.29, 1.82) is 0 Å². The Labute approximate surface area is 273 Å². The van der Waals surface area contributed by atoms with Crippen LogP contribution in [0.5, 0.6) is 0 Å². The van der Waals surface area contributed by atoms with E-state index < -0.39 is 48.4 Å². The number of aliphatic carboxylic acids is 2. The molecule has 0 aromatic heterocycles. The zero-order valence-corrected chi connectivity index (χ0v) is 28.8. The minimum atomic E-state index is -2.20. The van der Waals surface area contributed by atoms with Gasteiger partial charge in [-0.25, -0.2) is 4.79 Å². The van der Waals surface area contributed by atoms with Crippen LogP contribution < -0.4 is 0 Å². The van der Waals surface area contributed by atoms with Crippen LogP contribution in [-0.2, 0) is 14.4 Å². The van der Waals surface area contributed by atoms with Crippen LogP contribution in [0.15, 0.2) is 11.6 Å². The molecule has 46 heavy (non-hydrogen) atoms. The summed E-state index contributed by atoms with van der Waals surface area (Å²) < 4.78 is 0. The Bertz CT molecular complexity index is 1240. The molecule has 5 rings (SSSR count). The van der Waals surface area contributed by atoms with Gasteiger partial charge in [-0.15, -0.1) is 0 Å². The number of hydrogen-bond acceptors (Lipinski definition) is 8. The predicted molar refractivity (Wildman–Crippen MR) is 170 cm³/mol. The van der Waals surface area contributed by atoms with E-state index in [4.69, 9.17) is 30.6 Å². The smallest absolute Gasteiger partial charge is 0.335 e. The Kier molecular flexibility index (Phi) is 9.84. The van der Waals surface area contributed by atoms with Crippen LogP contribution in [0, 0.1) is 50.2 Å². The van der Waals surface area contributed by atoms with Gasteiger partial charge < -0.3 is 35.7 Å². The van der Waals surface area contributed by atoms with Gasteiger partial charge in [0.2, 0.25) is 0 Å². The highest BCUT2D eigenvalue weighted by Crippen LogP contribution is 2.76. The van der Waals surface area contributed by atoms with E-state index in [0.717, 1.165) is 51.4 Å². The van der Waals surface area contributed by atoms with Gasteiger partial charge in [-0.2, -0.15) is 0 Å². The fraction of sp³-hybridized carbons (Fsp3) is 0.861. The molecular formula is C36H58O10. The first-order chi connectivity index (χ1) is 21.1. The quantitative estimate of drug-likeness (QED) is 0.207. The van der Waals surface area contributed by atoms with Gasteiger partial charge in [-0.1, -0.05) is 60.1 Å². The second kappa shape index (κ2) is 12.2. The molecule has 0 aliphatic heterocycles. The van der Waals surface area contributed by atoms with Crippen LogP contribution in [0.4, 0.5) is 0 Å². The molecule has 0 aromatic carbocycles. The van der Waals surface area contributed by atoms with Crippen molar-refractivity contribution in [3.05, 3.63) is 11.6 Å². The third-order valence-corrected chi connectivity index (χ3v) is 14.3. The lowest BCUT2D eigenvalue weighted by atomic mass is 9.32. The number of carbonyl (C=O) groups is 3. The van der Waals surface area contributed by atoms with Crippen LogP contribution in [0.2, 0.25) is 0 Å². The molecule has 0 saturated heterocycles. The summed E-state index contributed by atoms with van der Waals surface area (Å²) in [5.74, 6) is -0.377. The molecule has 0 heterocycles. The van der Waals surface area contributed by atoms with Crippen molar-refractivity contribution in [3.8, 4) is 0 Å². The van der Waals surface area contributed by atoms with E-state index in [-0.39, 0.29) is 27.1 Å². The molecular weight excluding hydrogens is 592 g/mol. The SMILES string of the molecule is CC1(C)C=C2[C@H]3CC[C@@H]4[C@@]5(C)CCC(=O)C(C)(C)[C@@H]5CC[C@@]4(C)[C@]3(C)CC[C@@]2(C(=O)O)CC1.O=C(O)[C@H](O)[C@@H](O)[C@H](O)[C@H](O)CO. The Morgan fingerprint density at radius 1 is 0.783 bits per heavy atom. The number of Topliss-reactive ketones (excluding diaryl/α,β-unsaturated/α-hetero) is 1. The molecule has 0 radical (unpaired) electrons. The van der Waals surface area contributed by atoms with Gasteiger partial charge in [0.1, 0.15) is 24.1 Å². The minimum Gasteiger partial charge on any atom is -0.481 e. The Balaban J connectivity index is 0.000000315. The summed E-state index contributed by atoms with van der Waals surface area (Å²) in [7, 11) is 0. The van der Waals surface area contributed by atoms with Crippen molar-refractivity contribution >= 4 is 17.7 Å². The molecule has 0 aromatic rings. The molecule has 262 valence electrons. The molecule has 0 bridgehead atoms. The van der Waals surface area contributed by atoms with Crippen molar-refractivity contribution in [2.24, 2.45) is 50.2 Å². The lowest BCUT2D eigenvalue weighted by molar-refractivity contribution is -0.213. The molecule has 5 aliphatic carbocycles. The van der Waals surface area contributed by atoms with Crippen LogP contribution in [-0.4, -0.2) is 84.5 Å². The molecule has 4 fully saturated rings. The minimum absolute atomic E-state index is 0.0850. The first-order valence-corrected chi connectivity index (χ1v) is 17.1. The number of aliphatic hydroxyl groups excluding tert-OH is 5. The monoisotopic (exact) mass is 650 g/mol. The lowest BCUT2D eigenvalue weighted by Gasteiger charge is -2.71. The van der Waals surface area contributed by atoms with Crippen LogP contribution >= 0.6 is 0 Å². The zero-order chi connectivity index (χ0) is 34.8. The van der Waals surface area contributed by atoms with Crippen molar-refractivity contribution in [2.75, 3.05) is 6.61 Å². The van der Waals surface area contributed by atoms with E-state index in [1.807, 2.05) is 0 Å². The Morgan fingerprint density at radius 3 is 1.96 bits per heavy atom. The van der Waals surface area contributed by atoms with E-state index in [0.29, 0.717) is 23.5 Å². The summed E-state index contributed by atoms with van der Waals surface area (Å²) in [4.78, 5) is 35.7. The molecule has 5 aliphatic rings. The van der Waals surface area contributed by atoms with Crippen LogP contribution in [0.25, 0.3) is 0 Å². The second-order valence-electron chi connectivity index (χ2n) is 17.2. The lowest BCUT2D eigenvalue weighted by Crippen LogP contribution is -2.65. The third-order valence-electron chi connectivity index (χ3n) is 14.3. The summed E-state index contributed by atoms with van der Waals surface area (Å²) >= 11 is 0.